The summed E-state index contributed by atoms with van der Waals surface area (Å²) >= 11 is 6.05. The molecule has 1 N–H and O–H groups in total. The topological polar surface area (TPSA) is 62.3 Å². The minimum absolute atomic E-state index is 0.167. The molecule has 5 nitrogen and oxygen atoms in total. The fraction of sp³-hybridized carbons (Fsp3) is 0.400. The Labute approximate surface area is 135 Å². The molecule has 0 unspecified atom stereocenters. The van der Waals surface area contributed by atoms with Crippen LogP contribution in [0.5, 0.6) is 0 Å². The molecule has 0 atom stereocenters. The molecular formula is C15H18ClN3O2S. The van der Waals surface area contributed by atoms with E-state index < -0.39 is 10.0 Å². The summed E-state index contributed by atoms with van der Waals surface area (Å²) in [5.41, 5.74) is 1.86. The van der Waals surface area contributed by atoms with E-state index in [0.717, 1.165) is 23.1 Å². The Morgan fingerprint density at radius 1 is 1.36 bits per heavy atom. The Bertz CT molecular complexity index is 788. The van der Waals surface area contributed by atoms with Gasteiger partial charge in [0.05, 0.1) is 11.3 Å². The number of benzene rings is 1. The van der Waals surface area contributed by atoms with Gasteiger partial charge in [-0.05, 0) is 31.2 Å². The van der Waals surface area contributed by atoms with Gasteiger partial charge in [0, 0.05) is 47.8 Å². The number of fused-ring (bicyclic) bond motifs is 1. The molecule has 0 bridgehead atoms. The molecule has 0 spiro atoms. The standard InChI is InChI=1S/C15H18ClN3O2S/c1-2-22(20,21)19-9-11(10-19)8-18-15-5-6-17-14-4-3-12(16)7-13(14)15/h3-7,11H,2,8-10H2,1H3,(H,17,18). The van der Waals surface area contributed by atoms with Crippen LogP contribution < -0.4 is 5.32 Å². The van der Waals surface area contributed by atoms with Crippen LogP contribution in [0.4, 0.5) is 5.69 Å². The summed E-state index contributed by atoms with van der Waals surface area (Å²) in [6.45, 7) is 3.59. The first-order valence-electron chi connectivity index (χ1n) is 7.25. The van der Waals surface area contributed by atoms with Gasteiger partial charge < -0.3 is 5.32 Å². The van der Waals surface area contributed by atoms with Crippen molar-refractivity contribution in [1.82, 2.24) is 9.29 Å². The van der Waals surface area contributed by atoms with Crippen molar-refractivity contribution in [3.8, 4) is 0 Å². The van der Waals surface area contributed by atoms with E-state index in [4.69, 9.17) is 11.6 Å². The van der Waals surface area contributed by atoms with Crippen LogP contribution in [-0.4, -0.2) is 43.1 Å². The third kappa shape index (κ3) is 3.04. The van der Waals surface area contributed by atoms with Crippen molar-refractivity contribution in [2.75, 3.05) is 30.7 Å². The van der Waals surface area contributed by atoms with E-state index in [1.165, 1.54) is 0 Å². The van der Waals surface area contributed by atoms with Crippen LogP contribution in [-0.2, 0) is 10.0 Å². The van der Waals surface area contributed by atoms with Crippen molar-refractivity contribution in [2.45, 2.75) is 6.92 Å². The Hall–Kier alpha value is -1.37. The summed E-state index contributed by atoms with van der Waals surface area (Å²) in [6.07, 6.45) is 1.76. The first kappa shape index (κ1) is 15.5. The molecule has 118 valence electrons. The fourth-order valence-electron chi connectivity index (χ4n) is 2.59. The van der Waals surface area contributed by atoms with Gasteiger partial charge in [-0.2, -0.15) is 0 Å². The summed E-state index contributed by atoms with van der Waals surface area (Å²) in [6, 6.07) is 7.51. The van der Waals surface area contributed by atoms with Crippen LogP contribution in [0.3, 0.4) is 0 Å². The molecule has 0 aliphatic carbocycles. The van der Waals surface area contributed by atoms with Crippen LogP contribution >= 0.6 is 11.6 Å². The second-order valence-corrected chi connectivity index (χ2v) is 8.18. The monoisotopic (exact) mass is 339 g/mol. The molecule has 1 aliphatic rings. The van der Waals surface area contributed by atoms with Crippen molar-refractivity contribution in [1.29, 1.82) is 0 Å². The summed E-state index contributed by atoms with van der Waals surface area (Å²) in [7, 11) is -3.04. The van der Waals surface area contributed by atoms with E-state index in [9.17, 15) is 8.42 Å². The number of aromatic nitrogens is 1. The zero-order valence-electron chi connectivity index (χ0n) is 12.3. The van der Waals surface area contributed by atoms with Crippen molar-refractivity contribution in [2.24, 2.45) is 5.92 Å². The molecule has 0 saturated carbocycles. The highest BCUT2D eigenvalue weighted by atomic mass is 35.5. The normalized spacial score (nSPS) is 16.6. The Balaban J connectivity index is 1.65. The maximum atomic E-state index is 11.7. The molecule has 0 amide bonds. The first-order valence-corrected chi connectivity index (χ1v) is 9.24. The smallest absolute Gasteiger partial charge is 0.213 e. The number of hydrogen-bond donors (Lipinski definition) is 1. The highest BCUT2D eigenvalue weighted by Crippen LogP contribution is 2.26. The van der Waals surface area contributed by atoms with Gasteiger partial charge in [0.1, 0.15) is 0 Å². The van der Waals surface area contributed by atoms with Gasteiger partial charge in [-0.1, -0.05) is 11.6 Å². The number of hydrogen-bond acceptors (Lipinski definition) is 4. The van der Waals surface area contributed by atoms with E-state index in [1.807, 2.05) is 24.3 Å². The van der Waals surface area contributed by atoms with Crippen molar-refractivity contribution in [3.63, 3.8) is 0 Å². The van der Waals surface area contributed by atoms with E-state index in [-0.39, 0.29) is 5.75 Å². The molecule has 7 heteroatoms. The van der Waals surface area contributed by atoms with Gasteiger partial charge in [0.15, 0.2) is 0 Å². The Morgan fingerprint density at radius 2 is 2.14 bits per heavy atom. The molecule has 0 radical (unpaired) electrons. The second kappa shape index (κ2) is 6.02. The SMILES string of the molecule is CCS(=O)(=O)N1CC(CNc2ccnc3ccc(Cl)cc23)C1. The van der Waals surface area contributed by atoms with E-state index in [1.54, 1.807) is 17.4 Å². The van der Waals surface area contributed by atoms with E-state index >= 15 is 0 Å². The molecule has 22 heavy (non-hydrogen) atoms. The molecule has 1 aliphatic heterocycles. The number of nitrogens with zero attached hydrogens (tertiary/aromatic N) is 2. The van der Waals surface area contributed by atoms with Gasteiger partial charge in [0.25, 0.3) is 0 Å². The maximum Gasteiger partial charge on any atom is 0.213 e. The van der Waals surface area contributed by atoms with Crippen LogP contribution in [0.1, 0.15) is 6.92 Å². The number of sulfonamides is 1. The lowest BCUT2D eigenvalue weighted by atomic mass is 10.0. The quantitative estimate of drug-likeness (QED) is 0.909. The van der Waals surface area contributed by atoms with E-state index in [2.05, 4.69) is 10.3 Å². The third-order valence-electron chi connectivity index (χ3n) is 3.97. The van der Waals surface area contributed by atoms with Crippen LogP contribution in [0.15, 0.2) is 30.5 Å². The second-order valence-electron chi connectivity index (χ2n) is 5.48. The van der Waals surface area contributed by atoms with Gasteiger partial charge >= 0.3 is 0 Å². The Morgan fingerprint density at radius 3 is 2.86 bits per heavy atom. The molecule has 2 heterocycles. The first-order chi connectivity index (χ1) is 10.5. The zero-order chi connectivity index (χ0) is 15.7. The van der Waals surface area contributed by atoms with Crippen molar-refractivity contribution >= 4 is 38.2 Å². The highest BCUT2D eigenvalue weighted by Gasteiger charge is 2.34. The van der Waals surface area contributed by atoms with E-state index in [0.29, 0.717) is 24.0 Å². The van der Waals surface area contributed by atoms with Gasteiger partial charge in [-0.15, -0.1) is 0 Å². The van der Waals surface area contributed by atoms with Gasteiger partial charge in [-0.25, -0.2) is 12.7 Å². The minimum Gasteiger partial charge on any atom is -0.384 e. The number of nitrogens with one attached hydrogen (secondary N) is 1. The van der Waals surface area contributed by atoms with Gasteiger partial charge in [0.2, 0.25) is 10.0 Å². The predicted molar refractivity (Wildman–Crippen MR) is 89.8 cm³/mol. The third-order valence-corrected chi connectivity index (χ3v) is 6.02. The minimum atomic E-state index is -3.04. The van der Waals surface area contributed by atoms with Crippen LogP contribution in [0.25, 0.3) is 10.9 Å². The number of rotatable bonds is 5. The molecule has 1 saturated heterocycles. The van der Waals surface area contributed by atoms with Crippen LogP contribution in [0.2, 0.25) is 5.02 Å². The molecule has 2 aromatic rings. The number of anilines is 1. The summed E-state index contributed by atoms with van der Waals surface area (Å²) in [5.74, 6) is 0.504. The molecule has 1 aromatic heterocycles. The largest absolute Gasteiger partial charge is 0.384 e. The summed E-state index contributed by atoms with van der Waals surface area (Å²) in [4.78, 5) is 4.31. The van der Waals surface area contributed by atoms with Gasteiger partial charge in [-0.3, -0.25) is 4.98 Å². The van der Waals surface area contributed by atoms with Crippen molar-refractivity contribution < 1.29 is 8.42 Å². The lowest BCUT2D eigenvalue weighted by Gasteiger charge is -2.38. The zero-order valence-corrected chi connectivity index (χ0v) is 13.9. The average Bonchev–Trinajstić information content (AvgIpc) is 2.45. The lowest BCUT2D eigenvalue weighted by Crippen LogP contribution is -2.52. The highest BCUT2D eigenvalue weighted by molar-refractivity contribution is 7.89. The summed E-state index contributed by atoms with van der Waals surface area (Å²) < 4.78 is 24.9. The Kier molecular flexibility index (Phi) is 4.25. The molecular weight excluding hydrogens is 322 g/mol. The van der Waals surface area contributed by atoms with Crippen molar-refractivity contribution in [3.05, 3.63) is 35.5 Å². The fourth-order valence-corrected chi connectivity index (χ4v) is 4.00. The maximum absolute atomic E-state index is 11.7. The molecule has 1 aromatic carbocycles. The molecule has 3 rings (SSSR count). The average molecular weight is 340 g/mol. The number of pyridine rings is 1. The number of halogens is 1. The molecule has 1 fully saturated rings. The summed E-state index contributed by atoms with van der Waals surface area (Å²) in [5, 5.41) is 5.04. The lowest BCUT2D eigenvalue weighted by molar-refractivity contribution is 0.212. The van der Waals surface area contributed by atoms with Crippen LogP contribution in [0, 0.1) is 5.92 Å². The predicted octanol–water partition coefficient (Wildman–Crippen LogP) is 2.58.